The van der Waals surface area contributed by atoms with Crippen molar-refractivity contribution in [1.82, 2.24) is 0 Å². The van der Waals surface area contributed by atoms with Crippen LogP contribution in [0.25, 0.3) is 11.1 Å². The third kappa shape index (κ3) is 5.61. The van der Waals surface area contributed by atoms with E-state index in [1.54, 1.807) is 0 Å². The first-order valence-corrected chi connectivity index (χ1v) is 8.14. The largest absolute Gasteiger partial charge is 4.00 e. The monoisotopic (exact) mass is 446 g/mol. The van der Waals surface area contributed by atoms with Crippen LogP contribution in [-0.4, -0.2) is 0 Å². The molecular weight excluding hydrogens is 426 g/mol. The summed E-state index contributed by atoms with van der Waals surface area (Å²) < 4.78 is 0. The summed E-state index contributed by atoms with van der Waals surface area (Å²) >= 11 is 0. The molecule has 0 amide bonds. The maximum Gasteiger partial charge on any atom is 4.00 e. The van der Waals surface area contributed by atoms with Crippen LogP contribution in [0.4, 0.5) is 0 Å². The maximum atomic E-state index is 3.30. The number of hydrogen-bond donors (Lipinski definition) is 0. The summed E-state index contributed by atoms with van der Waals surface area (Å²) in [5.74, 6) is 0. The van der Waals surface area contributed by atoms with E-state index in [4.69, 9.17) is 0 Å². The second-order valence-corrected chi connectivity index (χ2v) is 5.68. The Balaban J connectivity index is 0.000000435. The molecule has 0 saturated heterocycles. The van der Waals surface area contributed by atoms with E-state index < -0.39 is 0 Å². The standard InChI is InChI=1S/C13H9.C9H13.2ClH.Zr/c1-3-7-12-10(5-1)9-11-6-2-4-8-13(11)12;1-3-8-6-5-7-9(8)4-2;;;/h1-5,7-8H,9H2;5-7H,3-4H2,1-2H3;2*1H;/q2*-1;;;+4/p-2. The molecule has 4 rings (SSSR count). The Kier molecular flexibility index (Phi) is 11.4. The van der Waals surface area contributed by atoms with Gasteiger partial charge in [-0.25, -0.2) is 12.1 Å². The average molecular weight is 449 g/mol. The van der Waals surface area contributed by atoms with Crippen LogP contribution in [0.3, 0.4) is 0 Å². The zero-order chi connectivity index (χ0) is 15.4. The van der Waals surface area contributed by atoms with Gasteiger partial charge in [-0.1, -0.05) is 62.1 Å². The van der Waals surface area contributed by atoms with E-state index in [-0.39, 0.29) is 51.0 Å². The molecule has 0 radical (unpaired) electrons. The summed E-state index contributed by atoms with van der Waals surface area (Å²) in [7, 11) is 0. The molecule has 0 N–H and O–H groups in total. The van der Waals surface area contributed by atoms with E-state index in [1.165, 1.54) is 46.2 Å². The first-order valence-electron chi connectivity index (χ1n) is 8.14. The second kappa shape index (κ2) is 11.8. The van der Waals surface area contributed by atoms with Gasteiger partial charge in [0.1, 0.15) is 0 Å². The molecule has 0 atom stereocenters. The van der Waals surface area contributed by atoms with Crippen molar-refractivity contribution in [2.75, 3.05) is 0 Å². The minimum atomic E-state index is 0. The molecule has 3 heteroatoms. The van der Waals surface area contributed by atoms with Gasteiger partial charge >= 0.3 is 26.2 Å². The van der Waals surface area contributed by atoms with Crippen molar-refractivity contribution < 1.29 is 51.0 Å². The van der Waals surface area contributed by atoms with Crippen LogP contribution in [0.1, 0.15) is 36.1 Å². The predicted molar refractivity (Wildman–Crippen MR) is 94.3 cm³/mol. The van der Waals surface area contributed by atoms with Crippen LogP contribution < -0.4 is 24.8 Å². The molecule has 0 nitrogen and oxygen atoms in total. The molecule has 3 aromatic rings. The third-order valence-electron chi connectivity index (χ3n) is 4.39. The van der Waals surface area contributed by atoms with Crippen LogP contribution in [0.15, 0.2) is 60.7 Å². The van der Waals surface area contributed by atoms with Crippen molar-refractivity contribution in [3.8, 4) is 11.1 Å². The molecule has 0 aromatic heterocycles. The maximum absolute atomic E-state index is 3.30. The second-order valence-electron chi connectivity index (χ2n) is 5.68. The van der Waals surface area contributed by atoms with Gasteiger partial charge in [-0.15, -0.1) is 5.56 Å². The number of benzene rings is 2. The molecular formula is C22H22Cl2Zr. The summed E-state index contributed by atoms with van der Waals surface area (Å²) in [6.45, 7) is 4.41. The van der Waals surface area contributed by atoms with Crippen LogP contribution >= 0.6 is 0 Å². The minimum absolute atomic E-state index is 0. The summed E-state index contributed by atoms with van der Waals surface area (Å²) in [5.41, 5.74) is 8.53. The van der Waals surface area contributed by atoms with Gasteiger partial charge in [0.2, 0.25) is 0 Å². The summed E-state index contributed by atoms with van der Waals surface area (Å²) in [6, 6.07) is 24.7. The minimum Gasteiger partial charge on any atom is -1.00 e. The zero-order valence-electron chi connectivity index (χ0n) is 14.7. The van der Waals surface area contributed by atoms with Crippen molar-refractivity contribution in [3.05, 3.63) is 89.0 Å². The average Bonchev–Trinajstić information content (AvgIpc) is 3.19. The summed E-state index contributed by atoms with van der Waals surface area (Å²) in [4.78, 5) is 0. The molecule has 0 spiro atoms. The van der Waals surface area contributed by atoms with Gasteiger partial charge < -0.3 is 24.8 Å². The molecule has 1 aliphatic carbocycles. The van der Waals surface area contributed by atoms with Crippen molar-refractivity contribution >= 4 is 0 Å². The number of fused-ring (bicyclic) bond motifs is 3. The van der Waals surface area contributed by atoms with Gasteiger partial charge in [0.15, 0.2) is 0 Å². The van der Waals surface area contributed by atoms with Crippen LogP contribution in [-0.2, 0) is 45.5 Å². The smallest absolute Gasteiger partial charge is 1.00 e. The number of aryl methyl sites for hydroxylation is 2. The van der Waals surface area contributed by atoms with Crippen molar-refractivity contribution in [2.24, 2.45) is 0 Å². The summed E-state index contributed by atoms with van der Waals surface area (Å²) in [6.07, 6.45) is 3.40. The van der Waals surface area contributed by atoms with Gasteiger partial charge in [0.05, 0.1) is 0 Å². The van der Waals surface area contributed by atoms with Gasteiger partial charge in [-0.05, 0) is 6.42 Å². The fourth-order valence-corrected chi connectivity index (χ4v) is 3.18. The normalized spacial score (nSPS) is 10.0. The van der Waals surface area contributed by atoms with Crippen molar-refractivity contribution in [3.63, 3.8) is 0 Å². The molecule has 1 aliphatic rings. The molecule has 0 heterocycles. The molecule has 0 fully saturated rings. The number of rotatable bonds is 2. The fraction of sp³-hybridized carbons (Fsp3) is 0.227. The predicted octanol–water partition coefficient (Wildman–Crippen LogP) is -0.406. The van der Waals surface area contributed by atoms with Gasteiger partial charge in [0.25, 0.3) is 0 Å². The quantitative estimate of drug-likeness (QED) is 0.366. The number of hydrogen-bond acceptors (Lipinski definition) is 0. The Morgan fingerprint density at radius 1 is 0.920 bits per heavy atom. The Bertz CT molecular complexity index is 700. The van der Waals surface area contributed by atoms with Crippen LogP contribution in [0.2, 0.25) is 0 Å². The fourth-order valence-electron chi connectivity index (χ4n) is 3.18. The Morgan fingerprint density at radius 3 is 2.32 bits per heavy atom. The Hall–Kier alpha value is -0.747. The van der Waals surface area contributed by atoms with E-state index in [0.717, 1.165) is 6.42 Å². The van der Waals surface area contributed by atoms with Crippen LogP contribution in [0, 0.1) is 6.07 Å². The van der Waals surface area contributed by atoms with E-state index in [2.05, 4.69) is 74.5 Å². The zero-order valence-corrected chi connectivity index (χ0v) is 18.6. The van der Waals surface area contributed by atoms with E-state index in [1.807, 2.05) is 6.07 Å². The molecule has 128 valence electrons. The topological polar surface area (TPSA) is 0 Å². The van der Waals surface area contributed by atoms with E-state index in [9.17, 15) is 0 Å². The van der Waals surface area contributed by atoms with Gasteiger partial charge in [-0.2, -0.15) is 47.0 Å². The molecule has 0 saturated carbocycles. The number of halogens is 2. The van der Waals surface area contributed by atoms with Gasteiger partial charge in [0, 0.05) is 0 Å². The Labute approximate surface area is 183 Å². The Morgan fingerprint density at radius 2 is 1.64 bits per heavy atom. The first kappa shape index (κ1) is 24.3. The first-order chi connectivity index (χ1) is 10.8. The summed E-state index contributed by atoms with van der Waals surface area (Å²) in [5, 5.41) is 0. The van der Waals surface area contributed by atoms with Crippen LogP contribution in [0.5, 0.6) is 0 Å². The van der Waals surface area contributed by atoms with Gasteiger partial charge in [-0.3, -0.25) is 0 Å². The van der Waals surface area contributed by atoms with E-state index >= 15 is 0 Å². The third-order valence-corrected chi connectivity index (χ3v) is 4.39. The molecule has 0 unspecified atom stereocenters. The molecule has 3 aromatic carbocycles. The molecule has 25 heavy (non-hydrogen) atoms. The van der Waals surface area contributed by atoms with Crippen molar-refractivity contribution in [1.29, 1.82) is 0 Å². The van der Waals surface area contributed by atoms with E-state index in [0.29, 0.717) is 0 Å². The SMILES string of the molecule is CCc1ccc[c-]1CC.[Cl-].[Cl-].[Zr+4].[c-]1cccc2c1Cc1ccccc1-2. The van der Waals surface area contributed by atoms with Crippen molar-refractivity contribution in [2.45, 2.75) is 33.1 Å². The molecule has 0 bridgehead atoms. The molecule has 0 aliphatic heterocycles.